The predicted molar refractivity (Wildman–Crippen MR) is 107 cm³/mol. The Kier molecular flexibility index (Phi) is 7.73. The third kappa shape index (κ3) is 5.92. The highest BCUT2D eigenvalue weighted by Gasteiger charge is 2.25. The van der Waals surface area contributed by atoms with Crippen molar-refractivity contribution in [2.24, 2.45) is 0 Å². The number of amides is 2. The van der Waals surface area contributed by atoms with Gasteiger partial charge in [0.1, 0.15) is 6.04 Å². The lowest BCUT2D eigenvalue weighted by molar-refractivity contribution is -0.140. The number of likely N-dealkylation sites (N-methyl/N-ethyl adjacent to an activating group) is 1. The van der Waals surface area contributed by atoms with Crippen LogP contribution in [0.2, 0.25) is 0 Å². The molecule has 1 atom stereocenters. The van der Waals surface area contributed by atoms with Crippen LogP contribution in [-0.4, -0.2) is 35.6 Å². The van der Waals surface area contributed by atoms with E-state index in [-0.39, 0.29) is 11.8 Å². The highest BCUT2D eigenvalue weighted by molar-refractivity contribution is 7.99. The van der Waals surface area contributed by atoms with E-state index in [0.717, 1.165) is 10.5 Å². The molecular weight excluding hydrogens is 344 g/mol. The fraction of sp³-hybridized carbons (Fsp3) is 0.333. The number of carbonyl (C=O) groups is 2. The summed E-state index contributed by atoms with van der Waals surface area (Å²) in [7, 11) is 1.60. The Morgan fingerprint density at radius 1 is 1.08 bits per heavy atom. The van der Waals surface area contributed by atoms with Gasteiger partial charge < -0.3 is 10.2 Å². The number of aryl methyl sites for hydroxylation is 1. The van der Waals surface area contributed by atoms with Gasteiger partial charge >= 0.3 is 0 Å². The number of nitrogens with one attached hydrogen (secondary N) is 1. The summed E-state index contributed by atoms with van der Waals surface area (Å²) in [5.74, 6) is 0.527. The first-order valence-corrected chi connectivity index (χ1v) is 9.74. The zero-order valence-corrected chi connectivity index (χ0v) is 16.4. The number of carbonyl (C=O) groups excluding carboxylic acids is 2. The maximum Gasteiger partial charge on any atom is 0.242 e. The molecule has 0 radical (unpaired) electrons. The van der Waals surface area contributed by atoms with Crippen molar-refractivity contribution in [1.29, 1.82) is 0 Å². The molecule has 0 bridgehead atoms. The van der Waals surface area contributed by atoms with Gasteiger partial charge in [0.15, 0.2) is 0 Å². The normalized spacial score (nSPS) is 11.7. The quantitative estimate of drug-likeness (QED) is 0.722. The van der Waals surface area contributed by atoms with Crippen molar-refractivity contribution >= 4 is 23.6 Å². The summed E-state index contributed by atoms with van der Waals surface area (Å²) < 4.78 is 0. The van der Waals surface area contributed by atoms with E-state index in [1.807, 2.05) is 61.5 Å². The SMILES string of the molecule is CNC(=O)[C@@H](C)N(Cc1ccc(C)cc1)C(=O)CCSc1ccccc1. The number of hydrogen-bond acceptors (Lipinski definition) is 3. The summed E-state index contributed by atoms with van der Waals surface area (Å²) in [6, 6.07) is 17.6. The molecule has 0 aliphatic heterocycles. The standard InChI is InChI=1S/C21H26N2O2S/c1-16-9-11-18(12-10-16)15-23(17(2)21(25)22-3)20(24)13-14-26-19-7-5-4-6-8-19/h4-12,17H,13-15H2,1-3H3,(H,22,25)/t17-/m1/s1. The van der Waals surface area contributed by atoms with Crippen LogP contribution in [0.3, 0.4) is 0 Å². The molecule has 2 aromatic rings. The van der Waals surface area contributed by atoms with Gasteiger partial charge in [0.2, 0.25) is 11.8 Å². The summed E-state index contributed by atoms with van der Waals surface area (Å²) in [4.78, 5) is 27.7. The highest BCUT2D eigenvalue weighted by Crippen LogP contribution is 2.19. The second-order valence-corrected chi connectivity index (χ2v) is 7.38. The van der Waals surface area contributed by atoms with E-state index in [2.05, 4.69) is 5.32 Å². The lowest BCUT2D eigenvalue weighted by Crippen LogP contribution is -2.46. The highest BCUT2D eigenvalue weighted by atomic mass is 32.2. The topological polar surface area (TPSA) is 49.4 Å². The van der Waals surface area contributed by atoms with E-state index >= 15 is 0 Å². The summed E-state index contributed by atoms with van der Waals surface area (Å²) >= 11 is 1.65. The molecule has 26 heavy (non-hydrogen) atoms. The minimum Gasteiger partial charge on any atom is -0.357 e. The zero-order valence-electron chi connectivity index (χ0n) is 15.6. The molecule has 0 aromatic heterocycles. The van der Waals surface area contributed by atoms with Crippen molar-refractivity contribution < 1.29 is 9.59 Å². The van der Waals surface area contributed by atoms with Gasteiger partial charge in [0.05, 0.1) is 0 Å². The molecule has 0 saturated carbocycles. The number of hydrogen-bond donors (Lipinski definition) is 1. The van der Waals surface area contributed by atoms with E-state index in [9.17, 15) is 9.59 Å². The van der Waals surface area contributed by atoms with Crippen LogP contribution in [0.4, 0.5) is 0 Å². The monoisotopic (exact) mass is 370 g/mol. The van der Waals surface area contributed by atoms with Crippen molar-refractivity contribution in [3.8, 4) is 0 Å². The maximum absolute atomic E-state index is 12.8. The molecule has 2 rings (SSSR count). The number of benzene rings is 2. The van der Waals surface area contributed by atoms with Gasteiger partial charge in [-0.15, -0.1) is 11.8 Å². The van der Waals surface area contributed by atoms with Gasteiger partial charge in [-0.25, -0.2) is 0 Å². The van der Waals surface area contributed by atoms with Crippen molar-refractivity contribution in [2.45, 2.75) is 37.8 Å². The minimum absolute atomic E-state index is 0.00916. The number of thioether (sulfide) groups is 1. The molecule has 2 amide bonds. The average Bonchev–Trinajstić information content (AvgIpc) is 2.67. The molecular formula is C21H26N2O2S. The Labute approximate surface area is 160 Å². The van der Waals surface area contributed by atoms with Crippen LogP contribution in [0, 0.1) is 6.92 Å². The summed E-state index contributed by atoms with van der Waals surface area (Å²) in [5.41, 5.74) is 2.20. The van der Waals surface area contributed by atoms with Crippen LogP contribution >= 0.6 is 11.8 Å². The lowest BCUT2D eigenvalue weighted by Gasteiger charge is -2.28. The summed E-state index contributed by atoms with van der Waals surface area (Å²) in [6.07, 6.45) is 0.396. The van der Waals surface area contributed by atoms with Gasteiger partial charge in [0.25, 0.3) is 0 Å². The first-order valence-electron chi connectivity index (χ1n) is 8.75. The largest absolute Gasteiger partial charge is 0.357 e. The smallest absolute Gasteiger partial charge is 0.242 e. The second kappa shape index (κ2) is 10.0. The van der Waals surface area contributed by atoms with Crippen molar-refractivity contribution in [1.82, 2.24) is 10.2 Å². The van der Waals surface area contributed by atoms with Crippen molar-refractivity contribution in [3.05, 3.63) is 65.7 Å². The van der Waals surface area contributed by atoms with Crippen LogP contribution in [0.15, 0.2) is 59.5 Å². The number of rotatable bonds is 8. The Hall–Kier alpha value is -2.27. The van der Waals surface area contributed by atoms with Gasteiger partial charge in [0, 0.05) is 30.7 Å². The maximum atomic E-state index is 12.8. The van der Waals surface area contributed by atoms with E-state index < -0.39 is 6.04 Å². The molecule has 0 saturated heterocycles. The van der Waals surface area contributed by atoms with Crippen LogP contribution in [0.1, 0.15) is 24.5 Å². The molecule has 0 fully saturated rings. The Morgan fingerprint density at radius 3 is 2.35 bits per heavy atom. The van der Waals surface area contributed by atoms with Gasteiger partial charge in [-0.2, -0.15) is 0 Å². The van der Waals surface area contributed by atoms with E-state index in [0.29, 0.717) is 18.7 Å². The Balaban J connectivity index is 2.02. The van der Waals surface area contributed by atoms with Gasteiger partial charge in [-0.3, -0.25) is 9.59 Å². The second-order valence-electron chi connectivity index (χ2n) is 6.21. The van der Waals surface area contributed by atoms with E-state index in [4.69, 9.17) is 0 Å². The lowest BCUT2D eigenvalue weighted by atomic mass is 10.1. The minimum atomic E-state index is -0.504. The third-order valence-corrected chi connectivity index (χ3v) is 5.23. The molecule has 2 aromatic carbocycles. The molecule has 0 spiro atoms. The molecule has 5 heteroatoms. The van der Waals surface area contributed by atoms with Crippen LogP contribution < -0.4 is 5.32 Å². The molecule has 0 aliphatic carbocycles. The fourth-order valence-corrected chi connectivity index (χ4v) is 3.46. The van der Waals surface area contributed by atoms with Crippen LogP contribution in [0.25, 0.3) is 0 Å². The van der Waals surface area contributed by atoms with Gasteiger partial charge in [-0.05, 0) is 31.5 Å². The third-order valence-electron chi connectivity index (χ3n) is 4.22. The first kappa shape index (κ1) is 20.0. The zero-order chi connectivity index (χ0) is 18.9. The van der Waals surface area contributed by atoms with Crippen LogP contribution in [-0.2, 0) is 16.1 Å². The average molecular weight is 371 g/mol. The van der Waals surface area contributed by atoms with E-state index in [1.165, 1.54) is 5.56 Å². The van der Waals surface area contributed by atoms with Crippen molar-refractivity contribution in [3.63, 3.8) is 0 Å². The first-order chi connectivity index (χ1) is 12.5. The van der Waals surface area contributed by atoms with E-state index in [1.54, 1.807) is 30.6 Å². The van der Waals surface area contributed by atoms with Crippen LogP contribution in [0.5, 0.6) is 0 Å². The molecule has 4 nitrogen and oxygen atoms in total. The Morgan fingerprint density at radius 2 is 1.73 bits per heavy atom. The summed E-state index contributed by atoms with van der Waals surface area (Å²) in [5, 5.41) is 2.64. The Bertz CT molecular complexity index is 717. The molecule has 0 unspecified atom stereocenters. The predicted octanol–water partition coefficient (Wildman–Crippen LogP) is 3.64. The fourth-order valence-electron chi connectivity index (χ4n) is 2.60. The van der Waals surface area contributed by atoms with Gasteiger partial charge in [-0.1, -0.05) is 48.0 Å². The molecule has 138 valence electrons. The molecule has 0 aliphatic rings. The molecule has 0 heterocycles. The van der Waals surface area contributed by atoms with Crippen molar-refractivity contribution in [2.75, 3.05) is 12.8 Å². The number of nitrogens with zero attached hydrogens (tertiary/aromatic N) is 1. The molecule has 1 N–H and O–H groups in total. The summed E-state index contributed by atoms with van der Waals surface area (Å²) in [6.45, 7) is 4.24.